The highest BCUT2D eigenvalue weighted by molar-refractivity contribution is 5.76. The first-order chi connectivity index (χ1) is 9.04. The van der Waals surface area contributed by atoms with Gasteiger partial charge in [0.25, 0.3) is 5.56 Å². The molecule has 0 aliphatic carbocycles. The molecule has 1 aliphatic rings. The summed E-state index contributed by atoms with van der Waals surface area (Å²) in [4.78, 5) is 36.7. The molecule has 0 unspecified atom stereocenters. The average Bonchev–Trinajstić information content (AvgIpc) is 2.88. The standard InChI is InChI=1S/C12H17N3O4/c1-13-10(17)4-6-14(12(13)19)7-11(18)15-5-2-3-9(15)8-16/h4,6,9,16H,2-3,5,7-8H2,1H3/t9-/m0/s1. The molecule has 0 saturated carbocycles. The molecule has 1 N–H and O–H groups in total. The Bertz CT molecular complexity index is 589. The highest BCUT2D eigenvalue weighted by atomic mass is 16.3. The lowest BCUT2D eigenvalue weighted by Crippen LogP contribution is -2.43. The first-order valence-electron chi connectivity index (χ1n) is 6.21. The summed E-state index contributed by atoms with van der Waals surface area (Å²) in [5.41, 5.74) is -0.913. The average molecular weight is 267 g/mol. The monoisotopic (exact) mass is 267 g/mol. The largest absolute Gasteiger partial charge is 0.394 e. The first kappa shape index (κ1) is 13.5. The minimum Gasteiger partial charge on any atom is -0.394 e. The van der Waals surface area contributed by atoms with Gasteiger partial charge in [0.1, 0.15) is 6.54 Å². The van der Waals surface area contributed by atoms with Gasteiger partial charge in [0.05, 0.1) is 12.6 Å². The van der Waals surface area contributed by atoms with Gasteiger partial charge in [-0.3, -0.25) is 18.7 Å². The van der Waals surface area contributed by atoms with Crippen molar-refractivity contribution in [2.45, 2.75) is 25.4 Å². The van der Waals surface area contributed by atoms with E-state index >= 15 is 0 Å². The molecule has 2 heterocycles. The third-order valence-corrected chi connectivity index (χ3v) is 3.47. The van der Waals surface area contributed by atoms with Crippen LogP contribution in [0.1, 0.15) is 12.8 Å². The summed E-state index contributed by atoms with van der Waals surface area (Å²) in [5, 5.41) is 9.18. The molecular weight excluding hydrogens is 250 g/mol. The summed E-state index contributed by atoms with van der Waals surface area (Å²) in [6.07, 6.45) is 2.97. The van der Waals surface area contributed by atoms with Crippen LogP contribution in [0.25, 0.3) is 0 Å². The molecule has 1 atom stereocenters. The van der Waals surface area contributed by atoms with E-state index < -0.39 is 11.2 Å². The van der Waals surface area contributed by atoms with Gasteiger partial charge >= 0.3 is 5.69 Å². The molecule has 2 rings (SSSR count). The molecular formula is C12H17N3O4. The zero-order valence-corrected chi connectivity index (χ0v) is 10.8. The van der Waals surface area contributed by atoms with Crippen LogP contribution in [0.3, 0.4) is 0 Å². The minimum atomic E-state index is -0.513. The van der Waals surface area contributed by atoms with E-state index in [0.29, 0.717) is 6.54 Å². The van der Waals surface area contributed by atoms with Crippen molar-refractivity contribution < 1.29 is 9.90 Å². The number of nitrogens with zero attached hydrogens (tertiary/aromatic N) is 3. The molecule has 1 fully saturated rings. The van der Waals surface area contributed by atoms with Crippen LogP contribution in [-0.4, -0.2) is 44.2 Å². The normalized spacial score (nSPS) is 18.8. The number of hydrogen-bond acceptors (Lipinski definition) is 4. The zero-order valence-electron chi connectivity index (χ0n) is 10.8. The summed E-state index contributed by atoms with van der Waals surface area (Å²) < 4.78 is 2.16. The second-order valence-electron chi connectivity index (χ2n) is 4.69. The lowest BCUT2D eigenvalue weighted by Gasteiger charge is -2.23. The van der Waals surface area contributed by atoms with Crippen molar-refractivity contribution in [3.8, 4) is 0 Å². The fourth-order valence-electron chi connectivity index (χ4n) is 2.33. The van der Waals surface area contributed by atoms with Gasteiger partial charge in [0.15, 0.2) is 0 Å². The number of rotatable bonds is 3. The molecule has 0 radical (unpaired) electrons. The molecule has 1 saturated heterocycles. The Labute approximate surface area is 109 Å². The Morgan fingerprint density at radius 3 is 2.89 bits per heavy atom. The van der Waals surface area contributed by atoms with Gasteiger partial charge in [-0.25, -0.2) is 4.79 Å². The second kappa shape index (κ2) is 5.40. The number of aliphatic hydroxyl groups is 1. The van der Waals surface area contributed by atoms with Gasteiger partial charge in [0.2, 0.25) is 5.91 Å². The number of likely N-dealkylation sites (tertiary alicyclic amines) is 1. The van der Waals surface area contributed by atoms with Crippen LogP contribution in [0.15, 0.2) is 21.9 Å². The molecule has 19 heavy (non-hydrogen) atoms. The van der Waals surface area contributed by atoms with Crippen molar-refractivity contribution in [3.63, 3.8) is 0 Å². The molecule has 104 valence electrons. The van der Waals surface area contributed by atoms with Crippen LogP contribution in [0.2, 0.25) is 0 Å². The molecule has 1 amide bonds. The van der Waals surface area contributed by atoms with E-state index in [-0.39, 0.29) is 25.1 Å². The lowest BCUT2D eigenvalue weighted by atomic mass is 10.2. The number of carbonyl (C=O) groups excluding carboxylic acids is 1. The van der Waals surface area contributed by atoms with E-state index in [4.69, 9.17) is 0 Å². The van der Waals surface area contributed by atoms with Gasteiger partial charge in [-0.1, -0.05) is 0 Å². The van der Waals surface area contributed by atoms with Gasteiger partial charge in [-0.15, -0.1) is 0 Å². The van der Waals surface area contributed by atoms with E-state index in [9.17, 15) is 19.5 Å². The van der Waals surface area contributed by atoms with E-state index in [1.165, 1.54) is 23.9 Å². The smallest absolute Gasteiger partial charge is 0.331 e. The summed E-state index contributed by atoms with van der Waals surface area (Å²) in [7, 11) is 1.37. The topological polar surface area (TPSA) is 84.5 Å². The molecule has 7 nitrogen and oxygen atoms in total. The molecule has 0 bridgehead atoms. The van der Waals surface area contributed by atoms with Crippen molar-refractivity contribution in [3.05, 3.63) is 33.1 Å². The molecule has 1 aromatic rings. The van der Waals surface area contributed by atoms with Gasteiger partial charge < -0.3 is 10.0 Å². The summed E-state index contributed by atoms with van der Waals surface area (Å²) in [6, 6.07) is 1.10. The van der Waals surface area contributed by atoms with E-state index in [0.717, 1.165) is 17.4 Å². The van der Waals surface area contributed by atoms with Crippen molar-refractivity contribution in [1.29, 1.82) is 0 Å². The van der Waals surface area contributed by atoms with Gasteiger partial charge in [-0.2, -0.15) is 0 Å². The second-order valence-corrected chi connectivity index (χ2v) is 4.69. The first-order valence-corrected chi connectivity index (χ1v) is 6.21. The fraction of sp³-hybridized carbons (Fsp3) is 0.583. The highest BCUT2D eigenvalue weighted by Gasteiger charge is 2.28. The molecule has 1 aliphatic heterocycles. The molecule has 7 heteroatoms. The minimum absolute atomic E-state index is 0.0616. The van der Waals surface area contributed by atoms with Crippen LogP contribution in [0.5, 0.6) is 0 Å². The molecule has 0 aromatic carbocycles. The van der Waals surface area contributed by atoms with Crippen molar-refractivity contribution in [2.24, 2.45) is 7.05 Å². The van der Waals surface area contributed by atoms with Gasteiger partial charge in [0, 0.05) is 25.9 Å². The van der Waals surface area contributed by atoms with Crippen molar-refractivity contribution in [1.82, 2.24) is 14.0 Å². The van der Waals surface area contributed by atoms with Crippen LogP contribution in [-0.2, 0) is 18.4 Å². The van der Waals surface area contributed by atoms with Crippen LogP contribution in [0.4, 0.5) is 0 Å². The third kappa shape index (κ3) is 2.60. The SMILES string of the molecule is Cn1c(=O)ccn(CC(=O)N2CCC[C@H]2CO)c1=O. The lowest BCUT2D eigenvalue weighted by molar-refractivity contribution is -0.133. The van der Waals surface area contributed by atoms with E-state index in [1.807, 2.05) is 0 Å². The Morgan fingerprint density at radius 1 is 1.47 bits per heavy atom. The van der Waals surface area contributed by atoms with Crippen molar-refractivity contribution in [2.75, 3.05) is 13.2 Å². The number of amides is 1. The maximum Gasteiger partial charge on any atom is 0.331 e. The predicted octanol–water partition coefficient (Wildman–Crippen LogP) is -1.47. The van der Waals surface area contributed by atoms with Crippen LogP contribution < -0.4 is 11.2 Å². The summed E-state index contributed by atoms with van der Waals surface area (Å²) in [6.45, 7) is 0.432. The van der Waals surface area contributed by atoms with Crippen LogP contribution in [0, 0.1) is 0 Å². The molecule has 0 spiro atoms. The number of aliphatic hydroxyl groups excluding tert-OH is 1. The van der Waals surface area contributed by atoms with E-state index in [1.54, 1.807) is 4.90 Å². The fourth-order valence-corrected chi connectivity index (χ4v) is 2.33. The number of hydrogen-bond donors (Lipinski definition) is 1. The van der Waals surface area contributed by atoms with Crippen LogP contribution >= 0.6 is 0 Å². The highest BCUT2D eigenvalue weighted by Crippen LogP contribution is 2.16. The quantitative estimate of drug-likeness (QED) is 0.724. The van der Waals surface area contributed by atoms with Crippen molar-refractivity contribution >= 4 is 5.91 Å². The Hall–Kier alpha value is -1.89. The Kier molecular flexibility index (Phi) is 3.84. The Balaban J connectivity index is 2.18. The van der Waals surface area contributed by atoms with E-state index in [2.05, 4.69) is 0 Å². The maximum absolute atomic E-state index is 12.1. The summed E-state index contributed by atoms with van der Waals surface area (Å²) in [5.74, 6) is -0.211. The summed E-state index contributed by atoms with van der Waals surface area (Å²) >= 11 is 0. The zero-order chi connectivity index (χ0) is 14.0. The predicted molar refractivity (Wildman–Crippen MR) is 67.8 cm³/mol. The number of carbonyl (C=O) groups is 1. The maximum atomic E-state index is 12.1. The third-order valence-electron chi connectivity index (χ3n) is 3.47. The van der Waals surface area contributed by atoms with Gasteiger partial charge in [-0.05, 0) is 12.8 Å². The molecule has 1 aromatic heterocycles. The number of aromatic nitrogens is 2. The Morgan fingerprint density at radius 2 is 2.21 bits per heavy atom.